The van der Waals surface area contributed by atoms with Gasteiger partial charge in [0.25, 0.3) is 0 Å². The van der Waals surface area contributed by atoms with E-state index in [4.69, 9.17) is 10.1 Å². The van der Waals surface area contributed by atoms with E-state index < -0.39 is 0 Å². The summed E-state index contributed by atoms with van der Waals surface area (Å²) in [6.07, 6.45) is 1.81. The number of rotatable bonds is 6. The molecule has 0 aliphatic carbocycles. The summed E-state index contributed by atoms with van der Waals surface area (Å²) in [6.45, 7) is 13.0. The smallest absolute Gasteiger partial charge is 0.135 e. The molecule has 0 atom stereocenters. The Morgan fingerprint density at radius 1 is 0.680 bits per heavy atom. The maximum atomic E-state index is 11.8. The van der Waals surface area contributed by atoms with E-state index >= 15 is 0 Å². The van der Waals surface area contributed by atoms with Crippen LogP contribution in [0.2, 0.25) is 0 Å². The molecule has 2 aromatic heterocycles. The molecule has 7 aromatic rings. The van der Waals surface area contributed by atoms with E-state index in [2.05, 4.69) is 131 Å². The maximum absolute atomic E-state index is 11.8. The van der Waals surface area contributed by atoms with E-state index in [1.165, 1.54) is 0 Å². The summed E-state index contributed by atoms with van der Waals surface area (Å²) in [6, 6.07) is 47.0. The number of aromatic nitrogens is 3. The predicted molar refractivity (Wildman–Crippen MR) is 202 cm³/mol. The normalized spacial score (nSPS) is 11.7. The van der Waals surface area contributed by atoms with Gasteiger partial charge in [-0.3, -0.25) is 4.68 Å². The van der Waals surface area contributed by atoms with Crippen LogP contribution in [0.15, 0.2) is 134 Å². The molecule has 0 spiro atoms. The third-order valence-corrected chi connectivity index (χ3v) is 8.97. The van der Waals surface area contributed by atoms with Crippen LogP contribution >= 0.6 is 0 Å². The van der Waals surface area contributed by atoms with Crippen LogP contribution < -0.4 is 4.90 Å². The fourth-order valence-corrected chi connectivity index (χ4v) is 6.36. The van der Waals surface area contributed by atoms with Gasteiger partial charge in [0.1, 0.15) is 17.3 Å². The topological polar surface area (TPSA) is 54.2 Å². The molecule has 0 radical (unpaired) electrons. The zero-order chi connectivity index (χ0) is 34.3. The van der Waals surface area contributed by atoms with E-state index in [1.54, 1.807) is 0 Å². The molecule has 0 saturated carbocycles. The first-order valence-corrected chi connectivity index (χ1v) is 16.7. The molecule has 6 heteroatoms. The Labute approximate surface area is 309 Å². The van der Waals surface area contributed by atoms with Crippen LogP contribution in [0.3, 0.4) is 0 Å². The Morgan fingerprint density at radius 2 is 1.38 bits per heavy atom. The van der Waals surface area contributed by atoms with E-state index in [0.29, 0.717) is 0 Å². The third-order valence-electron chi connectivity index (χ3n) is 8.97. The standard InChI is InChI=1S/C44H41N4O.Pt/c1-43(2,3)31-27-36(42(49)37(28-31)44(4,5)6)41-35-22-11-13-24-39(35)48(46-41)33-20-16-19-32(29-33)47(40-25-14-15-26-45-40)38-23-12-10-21-34(38)30-17-8-7-9-18-30;/h7-28,49H,1-6H3;/q-1;. The van der Waals surface area contributed by atoms with Crippen LogP contribution in [-0.4, -0.2) is 19.9 Å². The molecule has 254 valence electrons. The van der Waals surface area contributed by atoms with Gasteiger partial charge >= 0.3 is 0 Å². The largest absolute Gasteiger partial charge is 0.507 e. The molecule has 5 aromatic carbocycles. The molecule has 0 aliphatic rings. The van der Waals surface area contributed by atoms with Crippen molar-refractivity contribution in [3.63, 3.8) is 0 Å². The molecule has 1 N–H and O–H groups in total. The third kappa shape index (κ3) is 6.63. The van der Waals surface area contributed by atoms with E-state index in [-0.39, 0.29) is 37.6 Å². The first-order valence-electron chi connectivity index (χ1n) is 16.7. The van der Waals surface area contributed by atoms with Gasteiger partial charge < -0.3 is 10.0 Å². The van der Waals surface area contributed by atoms with Gasteiger partial charge in [-0.1, -0.05) is 126 Å². The second kappa shape index (κ2) is 13.7. The van der Waals surface area contributed by atoms with E-state index in [1.807, 2.05) is 59.4 Å². The molecule has 2 heterocycles. The number of aromatic hydroxyl groups is 1. The monoisotopic (exact) mass is 836 g/mol. The average Bonchev–Trinajstić information content (AvgIpc) is 3.48. The van der Waals surface area contributed by atoms with Crippen molar-refractivity contribution in [3.8, 4) is 33.8 Å². The van der Waals surface area contributed by atoms with Crippen molar-refractivity contribution >= 4 is 28.1 Å². The van der Waals surface area contributed by atoms with Gasteiger partial charge in [-0.15, -0.1) is 18.2 Å². The van der Waals surface area contributed by atoms with Crippen LogP contribution in [0.4, 0.5) is 17.2 Å². The zero-order valence-corrected chi connectivity index (χ0v) is 31.5. The predicted octanol–water partition coefficient (Wildman–Crippen LogP) is 11.3. The van der Waals surface area contributed by atoms with Crippen molar-refractivity contribution in [2.24, 2.45) is 0 Å². The van der Waals surface area contributed by atoms with Crippen molar-refractivity contribution in [3.05, 3.63) is 151 Å². The number of hydrogen-bond acceptors (Lipinski definition) is 4. The molecule has 0 fully saturated rings. The van der Waals surface area contributed by atoms with Crippen molar-refractivity contribution in [1.29, 1.82) is 0 Å². The molecule has 7 rings (SSSR count). The number of pyridine rings is 1. The Morgan fingerprint density at radius 3 is 2.10 bits per heavy atom. The zero-order valence-electron chi connectivity index (χ0n) is 29.3. The quantitative estimate of drug-likeness (QED) is 0.170. The van der Waals surface area contributed by atoms with E-state index in [0.717, 1.165) is 67.3 Å². The Bertz CT molecular complexity index is 2260. The van der Waals surface area contributed by atoms with Gasteiger partial charge in [0.2, 0.25) is 0 Å². The molecule has 50 heavy (non-hydrogen) atoms. The number of phenols is 1. The van der Waals surface area contributed by atoms with Crippen molar-refractivity contribution in [2.45, 2.75) is 52.4 Å². The summed E-state index contributed by atoms with van der Waals surface area (Å²) in [5, 5.41) is 18.0. The number of phenolic OH excluding ortho intramolecular Hbond substituents is 1. The van der Waals surface area contributed by atoms with Gasteiger partial charge in [0, 0.05) is 49.3 Å². The SMILES string of the molecule is CC(C)(C)c1cc(-c2nn(-c3[c-]c(N(c4ccccn4)c4ccccc4-c4ccccc4)ccc3)c3ccccc23)c(O)c(C(C)(C)C)c1.[Pt]. The molecule has 5 nitrogen and oxygen atoms in total. The second-order valence-corrected chi connectivity index (χ2v) is 14.5. The number of fused-ring (bicyclic) bond motifs is 1. The summed E-state index contributed by atoms with van der Waals surface area (Å²) >= 11 is 0. The summed E-state index contributed by atoms with van der Waals surface area (Å²) in [7, 11) is 0. The van der Waals surface area contributed by atoms with Gasteiger partial charge in [0.05, 0.1) is 11.2 Å². The number of benzene rings is 5. The molecule has 0 aliphatic heterocycles. The van der Waals surface area contributed by atoms with Crippen LogP contribution in [-0.2, 0) is 31.9 Å². The molecular weight excluding hydrogens is 796 g/mol. The molecule has 0 saturated heterocycles. The minimum Gasteiger partial charge on any atom is -0.507 e. The van der Waals surface area contributed by atoms with Crippen LogP contribution in [0, 0.1) is 6.07 Å². The van der Waals surface area contributed by atoms with Crippen LogP contribution in [0.5, 0.6) is 5.75 Å². The summed E-state index contributed by atoms with van der Waals surface area (Å²) in [5.41, 5.74) is 8.88. The Kier molecular flexibility index (Phi) is 9.57. The van der Waals surface area contributed by atoms with Crippen LogP contribution in [0.25, 0.3) is 39.0 Å². The fraction of sp³-hybridized carbons (Fsp3) is 0.182. The summed E-state index contributed by atoms with van der Waals surface area (Å²) in [5.74, 6) is 1.05. The Hall–Kier alpha value is -4.99. The average molecular weight is 837 g/mol. The van der Waals surface area contributed by atoms with Crippen molar-refractivity contribution in [2.75, 3.05) is 4.90 Å². The van der Waals surface area contributed by atoms with Gasteiger partial charge in [-0.05, 0) is 58.0 Å². The number of para-hydroxylation sites is 2. The molecule has 0 amide bonds. The van der Waals surface area contributed by atoms with Gasteiger partial charge in [-0.25, -0.2) is 4.98 Å². The van der Waals surface area contributed by atoms with Crippen LogP contribution in [0.1, 0.15) is 52.7 Å². The first-order chi connectivity index (χ1) is 23.5. The number of anilines is 3. The molecular formula is C44H41N4OPt-. The Balaban J connectivity index is 0.00000432. The summed E-state index contributed by atoms with van der Waals surface area (Å²) < 4.78 is 1.94. The molecule has 0 bridgehead atoms. The number of nitrogens with zero attached hydrogens (tertiary/aromatic N) is 4. The van der Waals surface area contributed by atoms with E-state index in [9.17, 15) is 5.11 Å². The maximum Gasteiger partial charge on any atom is 0.135 e. The minimum absolute atomic E-state index is 0. The first kappa shape index (κ1) is 34.9. The van der Waals surface area contributed by atoms with Gasteiger partial charge in [-0.2, -0.15) is 11.2 Å². The molecule has 0 unspecified atom stereocenters. The fourth-order valence-electron chi connectivity index (χ4n) is 6.36. The van der Waals surface area contributed by atoms with Crippen molar-refractivity contribution < 1.29 is 26.2 Å². The minimum atomic E-state index is -0.258. The number of hydrogen-bond donors (Lipinski definition) is 1. The van der Waals surface area contributed by atoms with Crippen molar-refractivity contribution in [1.82, 2.24) is 14.8 Å². The van der Waals surface area contributed by atoms with Gasteiger partial charge in [0.15, 0.2) is 0 Å². The summed E-state index contributed by atoms with van der Waals surface area (Å²) in [4.78, 5) is 6.93. The second-order valence-electron chi connectivity index (χ2n) is 14.5.